The summed E-state index contributed by atoms with van der Waals surface area (Å²) >= 11 is 0. The third-order valence-electron chi connectivity index (χ3n) is 5.87. The van der Waals surface area contributed by atoms with Crippen molar-refractivity contribution < 1.29 is 23.8 Å². The number of cyclic esters (lactones) is 1. The van der Waals surface area contributed by atoms with Gasteiger partial charge in [-0.15, -0.1) is 0 Å². The molecular weight excluding hydrogens is 406 g/mol. The van der Waals surface area contributed by atoms with Crippen molar-refractivity contribution in [3.63, 3.8) is 0 Å². The number of hydrogen-bond donors (Lipinski definition) is 0. The minimum Gasteiger partial charge on any atom is -0.454 e. The lowest BCUT2D eigenvalue weighted by Crippen LogP contribution is -2.24. The third kappa shape index (κ3) is 5.06. The molecule has 0 unspecified atom stereocenters. The lowest BCUT2D eigenvalue weighted by atomic mass is 9.86. The summed E-state index contributed by atoms with van der Waals surface area (Å²) in [5.74, 6) is 1.48. The predicted molar refractivity (Wildman–Crippen MR) is 125 cm³/mol. The molecule has 2 aliphatic rings. The van der Waals surface area contributed by atoms with Crippen LogP contribution < -0.4 is 14.4 Å². The molecule has 2 aromatic carbocycles. The van der Waals surface area contributed by atoms with E-state index in [9.17, 15) is 9.59 Å². The highest BCUT2D eigenvalue weighted by Gasteiger charge is 2.31. The second kappa shape index (κ2) is 9.23. The number of ether oxygens (including phenoxy) is 3. The molecule has 0 radical (unpaired) electrons. The SMILES string of the molecule is CC(C)(C)C(=O)c1ccc2c(c1)OCO2.CC[C@H]1CN(c2cc(C)c(C)c(C)c2)C(=O)O1. The Bertz CT molecular complexity index is 998. The van der Waals surface area contributed by atoms with Gasteiger partial charge in [-0.25, -0.2) is 4.79 Å². The number of fused-ring (bicyclic) bond motifs is 1. The number of carbonyl (C=O) groups is 2. The van der Waals surface area contributed by atoms with Crippen molar-refractivity contribution in [3.8, 4) is 11.5 Å². The van der Waals surface area contributed by atoms with Crippen LogP contribution in [0.25, 0.3) is 0 Å². The highest BCUT2D eigenvalue weighted by Crippen LogP contribution is 2.34. The van der Waals surface area contributed by atoms with Crippen LogP contribution in [0.4, 0.5) is 10.5 Å². The highest BCUT2D eigenvalue weighted by molar-refractivity contribution is 6.00. The molecule has 4 rings (SSSR count). The van der Waals surface area contributed by atoms with Crippen LogP contribution >= 0.6 is 0 Å². The van der Waals surface area contributed by atoms with Gasteiger partial charge in [0.2, 0.25) is 6.79 Å². The van der Waals surface area contributed by atoms with Gasteiger partial charge in [-0.3, -0.25) is 9.69 Å². The molecule has 1 fully saturated rings. The van der Waals surface area contributed by atoms with Gasteiger partial charge in [0, 0.05) is 16.7 Å². The van der Waals surface area contributed by atoms with E-state index in [1.54, 1.807) is 23.1 Å². The normalized spacial score (nSPS) is 17.0. The van der Waals surface area contributed by atoms with E-state index in [0.29, 0.717) is 23.6 Å². The van der Waals surface area contributed by atoms with E-state index >= 15 is 0 Å². The minimum absolute atomic E-state index is 0.0319. The fraction of sp³-hybridized carbons (Fsp3) is 0.462. The Kier molecular flexibility index (Phi) is 6.82. The van der Waals surface area contributed by atoms with Crippen LogP contribution in [0, 0.1) is 26.2 Å². The van der Waals surface area contributed by atoms with Gasteiger partial charge in [0.25, 0.3) is 0 Å². The first-order valence-electron chi connectivity index (χ1n) is 11.0. The number of hydrogen-bond acceptors (Lipinski definition) is 5. The number of ketones is 1. The smallest absolute Gasteiger partial charge is 0.414 e. The number of carbonyl (C=O) groups excluding carboxylic acids is 2. The third-order valence-corrected chi connectivity index (χ3v) is 5.87. The van der Waals surface area contributed by atoms with Crippen LogP contribution in [0.1, 0.15) is 61.2 Å². The molecule has 0 saturated carbocycles. The van der Waals surface area contributed by atoms with E-state index in [0.717, 1.165) is 12.1 Å². The van der Waals surface area contributed by atoms with Crippen molar-refractivity contribution in [1.29, 1.82) is 0 Å². The summed E-state index contributed by atoms with van der Waals surface area (Å²) in [7, 11) is 0. The van der Waals surface area contributed by atoms with Crippen LogP contribution in [-0.2, 0) is 4.74 Å². The fourth-order valence-corrected chi connectivity index (χ4v) is 3.58. The zero-order valence-electron chi connectivity index (χ0n) is 20.1. The monoisotopic (exact) mass is 439 g/mol. The molecule has 1 saturated heterocycles. The molecule has 0 aliphatic carbocycles. The van der Waals surface area contributed by atoms with Gasteiger partial charge in [0.15, 0.2) is 17.3 Å². The number of benzene rings is 2. The van der Waals surface area contributed by atoms with E-state index in [-0.39, 0.29) is 30.2 Å². The number of Topliss-reactive ketones (excluding diaryl/α,β-unsaturated/α-hetero) is 1. The summed E-state index contributed by atoms with van der Waals surface area (Å²) in [4.78, 5) is 25.5. The van der Waals surface area contributed by atoms with Gasteiger partial charge in [-0.05, 0) is 74.2 Å². The van der Waals surface area contributed by atoms with Crippen LogP contribution in [-0.4, -0.2) is 31.3 Å². The van der Waals surface area contributed by atoms with Crippen molar-refractivity contribution in [2.45, 2.75) is 61.0 Å². The van der Waals surface area contributed by atoms with Gasteiger partial charge in [0.1, 0.15) is 6.10 Å². The number of aryl methyl sites for hydroxylation is 2. The van der Waals surface area contributed by atoms with Crippen LogP contribution in [0.15, 0.2) is 30.3 Å². The summed E-state index contributed by atoms with van der Waals surface area (Å²) in [6, 6.07) is 9.42. The topological polar surface area (TPSA) is 65.1 Å². The van der Waals surface area contributed by atoms with Crippen LogP contribution in [0.5, 0.6) is 11.5 Å². The van der Waals surface area contributed by atoms with Gasteiger partial charge in [-0.2, -0.15) is 0 Å². The zero-order chi connectivity index (χ0) is 23.6. The Balaban J connectivity index is 0.000000182. The number of nitrogens with zero attached hydrogens (tertiary/aromatic N) is 1. The molecule has 6 heteroatoms. The molecule has 2 aromatic rings. The molecule has 0 N–H and O–H groups in total. The summed E-state index contributed by atoms with van der Waals surface area (Å²) in [6.45, 7) is 14.9. The zero-order valence-corrected chi connectivity index (χ0v) is 20.1. The molecule has 2 aliphatic heterocycles. The first-order valence-corrected chi connectivity index (χ1v) is 11.0. The minimum atomic E-state index is -0.367. The van der Waals surface area contributed by atoms with E-state index in [1.807, 2.05) is 27.7 Å². The second-order valence-corrected chi connectivity index (χ2v) is 9.38. The maximum Gasteiger partial charge on any atom is 0.414 e. The lowest BCUT2D eigenvalue weighted by molar-refractivity contribution is 0.0858. The number of anilines is 1. The van der Waals surface area contributed by atoms with Gasteiger partial charge >= 0.3 is 6.09 Å². The standard InChI is InChI=1S/C14H19NO2.C12H14O3/c1-5-13-8-15(14(16)17-13)12-6-9(2)11(4)10(3)7-12;1-12(2,3)11(13)8-4-5-9-10(6-8)15-7-14-9/h6-7,13H,5,8H2,1-4H3;4-6H,7H2,1-3H3/t13-;/m0./s1. The van der Waals surface area contributed by atoms with Gasteiger partial charge in [0.05, 0.1) is 6.54 Å². The Hall–Kier alpha value is -3.02. The van der Waals surface area contributed by atoms with E-state index in [1.165, 1.54) is 16.7 Å². The van der Waals surface area contributed by atoms with E-state index < -0.39 is 0 Å². The molecule has 1 atom stereocenters. The van der Waals surface area contributed by atoms with Crippen molar-refractivity contribution in [2.75, 3.05) is 18.2 Å². The van der Waals surface area contributed by atoms with Crippen LogP contribution in [0.2, 0.25) is 0 Å². The molecule has 2 heterocycles. The predicted octanol–water partition coefficient (Wildman–Crippen LogP) is 5.99. The first-order chi connectivity index (χ1) is 15.0. The van der Waals surface area contributed by atoms with E-state index in [4.69, 9.17) is 14.2 Å². The molecule has 0 spiro atoms. The molecule has 0 aromatic heterocycles. The average molecular weight is 440 g/mol. The molecule has 0 bridgehead atoms. The quantitative estimate of drug-likeness (QED) is 0.550. The Morgan fingerprint density at radius 2 is 1.66 bits per heavy atom. The molecule has 32 heavy (non-hydrogen) atoms. The summed E-state index contributed by atoms with van der Waals surface area (Å²) in [5.41, 5.74) is 4.97. The first kappa shape index (κ1) is 23.6. The Morgan fingerprint density at radius 3 is 2.22 bits per heavy atom. The van der Waals surface area contributed by atoms with Crippen LogP contribution in [0.3, 0.4) is 0 Å². The molecule has 1 amide bonds. The van der Waals surface area contributed by atoms with E-state index in [2.05, 4.69) is 32.9 Å². The number of rotatable bonds is 3. The lowest BCUT2D eigenvalue weighted by Gasteiger charge is -2.16. The maximum atomic E-state index is 12.0. The molecule has 6 nitrogen and oxygen atoms in total. The fourth-order valence-electron chi connectivity index (χ4n) is 3.58. The Morgan fingerprint density at radius 1 is 1.03 bits per heavy atom. The van der Waals surface area contributed by atoms with Crippen molar-refractivity contribution in [1.82, 2.24) is 0 Å². The van der Waals surface area contributed by atoms with Gasteiger partial charge < -0.3 is 14.2 Å². The van der Waals surface area contributed by atoms with Gasteiger partial charge in [-0.1, -0.05) is 27.7 Å². The molecule has 172 valence electrons. The van der Waals surface area contributed by atoms with Crippen molar-refractivity contribution >= 4 is 17.6 Å². The Labute approximate surface area is 190 Å². The number of amides is 1. The average Bonchev–Trinajstić information content (AvgIpc) is 3.36. The summed E-state index contributed by atoms with van der Waals surface area (Å²) in [6.07, 6.45) is 0.676. The maximum absolute atomic E-state index is 12.0. The largest absolute Gasteiger partial charge is 0.454 e. The summed E-state index contributed by atoms with van der Waals surface area (Å²) in [5, 5.41) is 0. The van der Waals surface area contributed by atoms with Crippen molar-refractivity contribution in [2.24, 2.45) is 5.41 Å². The summed E-state index contributed by atoms with van der Waals surface area (Å²) < 4.78 is 15.7. The molecular formula is C26H33NO5. The second-order valence-electron chi connectivity index (χ2n) is 9.38. The van der Waals surface area contributed by atoms with Crippen molar-refractivity contribution in [3.05, 3.63) is 52.6 Å². The highest BCUT2D eigenvalue weighted by atomic mass is 16.7.